The maximum Gasteiger partial charge on any atom is 0.253 e. The van der Waals surface area contributed by atoms with E-state index in [4.69, 9.17) is 11.6 Å². The lowest BCUT2D eigenvalue weighted by Gasteiger charge is -2.35. The van der Waals surface area contributed by atoms with Crippen LogP contribution in [-0.2, 0) is 17.9 Å². The van der Waals surface area contributed by atoms with E-state index in [2.05, 4.69) is 14.6 Å². The largest absolute Gasteiger partial charge is 0.588 e. The van der Waals surface area contributed by atoms with Crippen LogP contribution < -0.4 is 4.72 Å². The van der Waals surface area contributed by atoms with Gasteiger partial charge in [0.1, 0.15) is 22.7 Å². The van der Waals surface area contributed by atoms with E-state index < -0.39 is 17.2 Å². The molecule has 1 aliphatic heterocycles. The zero-order valence-electron chi connectivity index (χ0n) is 20.3. The summed E-state index contributed by atoms with van der Waals surface area (Å²) in [6, 6.07) is 19.6. The Morgan fingerprint density at radius 3 is 2.62 bits per heavy atom. The van der Waals surface area contributed by atoms with Gasteiger partial charge in [0.25, 0.3) is 5.91 Å². The molecule has 1 amide bonds. The van der Waals surface area contributed by atoms with Gasteiger partial charge in [-0.25, -0.2) is 9.11 Å². The van der Waals surface area contributed by atoms with E-state index in [-0.39, 0.29) is 10.9 Å². The van der Waals surface area contributed by atoms with E-state index in [0.717, 1.165) is 16.5 Å². The summed E-state index contributed by atoms with van der Waals surface area (Å²) in [6.07, 6.45) is 1.69. The summed E-state index contributed by atoms with van der Waals surface area (Å²) in [6.45, 7) is 5.08. The van der Waals surface area contributed by atoms with Crippen LogP contribution in [0.5, 0.6) is 0 Å². The highest BCUT2D eigenvalue weighted by atomic mass is 35.5. The van der Waals surface area contributed by atoms with Crippen LogP contribution in [-0.4, -0.2) is 51.4 Å². The second-order valence-corrected chi connectivity index (χ2v) is 10.6. The molecule has 1 N–H and O–H groups in total. The lowest BCUT2D eigenvalue weighted by Crippen LogP contribution is -2.48. The number of nitrogens with zero attached hydrogens (tertiary/aromatic N) is 3. The first-order chi connectivity index (χ1) is 17.9. The van der Waals surface area contributed by atoms with Crippen molar-refractivity contribution in [2.24, 2.45) is 0 Å². The van der Waals surface area contributed by atoms with Crippen LogP contribution in [0.2, 0.25) is 5.02 Å². The van der Waals surface area contributed by atoms with Crippen LogP contribution in [0.25, 0.3) is 10.9 Å². The zero-order valence-corrected chi connectivity index (χ0v) is 21.9. The molecule has 37 heavy (non-hydrogen) atoms. The topological polar surface area (TPSA) is 71.5 Å². The molecule has 3 aromatic carbocycles. The normalized spacial score (nSPS) is 15.1. The maximum atomic E-state index is 13.7. The minimum absolute atomic E-state index is 0.0359. The van der Waals surface area contributed by atoms with Crippen molar-refractivity contribution in [2.75, 3.05) is 30.9 Å². The molecular weight excluding hydrogens is 511 g/mol. The third kappa shape index (κ3) is 5.72. The number of para-hydroxylation sites is 1. The number of aromatic nitrogens is 1. The number of amides is 1. The van der Waals surface area contributed by atoms with Crippen molar-refractivity contribution < 1.29 is 13.7 Å². The summed E-state index contributed by atoms with van der Waals surface area (Å²) in [5.74, 6) is -0.454. The highest BCUT2D eigenvalue weighted by Gasteiger charge is 2.24. The Balaban J connectivity index is 1.21. The van der Waals surface area contributed by atoms with E-state index in [1.165, 1.54) is 6.07 Å². The maximum absolute atomic E-state index is 13.7. The van der Waals surface area contributed by atoms with Crippen molar-refractivity contribution in [3.8, 4) is 0 Å². The molecule has 1 aromatic heterocycles. The van der Waals surface area contributed by atoms with E-state index >= 15 is 0 Å². The molecular formula is C28H26ClFN4O2S. The standard InChI is InChI=1S/C28H26ClFN4O2S/c1-19-16-22(8-10-25(19)32-37(36)26-6-2-4-21-5-3-11-31-27(21)26)28(35)34-14-12-33(13-15-34)18-20-7-9-23(29)24(30)17-20/h2-11,16-17,32H,12-15,18H2,1H3. The van der Waals surface area contributed by atoms with E-state index in [0.29, 0.717) is 54.4 Å². The van der Waals surface area contributed by atoms with Gasteiger partial charge in [-0.2, -0.15) is 0 Å². The Kier molecular flexibility index (Phi) is 7.62. The second kappa shape index (κ2) is 11.1. The number of anilines is 1. The van der Waals surface area contributed by atoms with Crippen LogP contribution in [0, 0.1) is 12.7 Å². The number of carbonyl (C=O) groups excluding carboxylic acids is 1. The van der Waals surface area contributed by atoms with Crippen molar-refractivity contribution in [1.29, 1.82) is 0 Å². The first-order valence-corrected chi connectivity index (χ1v) is 13.5. The van der Waals surface area contributed by atoms with E-state index in [9.17, 15) is 13.7 Å². The van der Waals surface area contributed by atoms with Gasteiger partial charge >= 0.3 is 0 Å². The highest BCUT2D eigenvalue weighted by Crippen LogP contribution is 2.26. The Labute approximate surface area is 223 Å². The summed E-state index contributed by atoms with van der Waals surface area (Å²) in [5.41, 5.74) is 3.67. The lowest BCUT2D eigenvalue weighted by molar-refractivity contribution is 0.0628. The molecule has 6 nitrogen and oxygen atoms in total. The molecule has 1 fully saturated rings. The van der Waals surface area contributed by atoms with E-state index in [1.54, 1.807) is 30.5 Å². The highest BCUT2D eigenvalue weighted by molar-refractivity contribution is 7.93. The van der Waals surface area contributed by atoms with Crippen molar-refractivity contribution in [2.45, 2.75) is 18.4 Å². The number of benzene rings is 3. The average molecular weight is 537 g/mol. The van der Waals surface area contributed by atoms with Crippen molar-refractivity contribution in [3.05, 3.63) is 100 Å². The smallest absolute Gasteiger partial charge is 0.253 e. The van der Waals surface area contributed by atoms with Gasteiger partial charge in [0.15, 0.2) is 0 Å². The van der Waals surface area contributed by atoms with Gasteiger partial charge in [0.2, 0.25) is 4.90 Å². The number of hydrogen-bond donors (Lipinski definition) is 1. The molecule has 0 bridgehead atoms. The number of rotatable bonds is 6. The second-order valence-electron chi connectivity index (χ2n) is 9.05. The number of fused-ring (bicyclic) bond motifs is 1. The number of pyridine rings is 1. The van der Waals surface area contributed by atoms with Crippen molar-refractivity contribution in [1.82, 2.24) is 14.8 Å². The van der Waals surface area contributed by atoms with Gasteiger partial charge in [-0.3, -0.25) is 14.7 Å². The van der Waals surface area contributed by atoms with Gasteiger partial charge in [0.05, 0.1) is 10.7 Å². The summed E-state index contributed by atoms with van der Waals surface area (Å²) in [5, 5.41) is 1.04. The Morgan fingerprint density at radius 2 is 1.86 bits per heavy atom. The van der Waals surface area contributed by atoms with Crippen LogP contribution in [0.15, 0.2) is 77.8 Å². The number of carbonyl (C=O) groups is 1. The number of halogens is 2. The number of nitrogens with one attached hydrogen (secondary N) is 1. The minimum Gasteiger partial charge on any atom is -0.588 e. The van der Waals surface area contributed by atoms with Crippen molar-refractivity contribution >= 4 is 45.5 Å². The first-order valence-electron chi connectivity index (χ1n) is 12.0. The number of piperazine rings is 1. The summed E-state index contributed by atoms with van der Waals surface area (Å²) in [4.78, 5) is 22.2. The van der Waals surface area contributed by atoms with Gasteiger partial charge in [-0.15, -0.1) is 0 Å². The molecule has 5 rings (SSSR count). The molecule has 1 unspecified atom stereocenters. The predicted molar refractivity (Wildman–Crippen MR) is 146 cm³/mol. The van der Waals surface area contributed by atoms with E-state index in [1.807, 2.05) is 48.2 Å². The fourth-order valence-electron chi connectivity index (χ4n) is 4.48. The van der Waals surface area contributed by atoms with Gasteiger partial charge < -0.3 is 9.45 Å². The average Bonchev–Trinajstić information content (AvgIpc) is 2.91. The molecule has 1 saturated heterocycles. The molecule has 2 heterocycles. The molecule has 190 valence electrons. The monoisotopic (exact) mass is 536 g/mol. The van der Waals surface area contributed by atoms with Crippen LogP contribution >= 0.6 is 11.6 Å². The zero-order chi connectivity index (χ0) is 25.9. The molecule has 0 aliphatic carbocycles. The third-order valence-electron chi connectivity index (χ3n) is 6.52. The fourth-order valence-corrected chi connectivity index (χ4v) is 5.68. The lowest BCUT2D eigenvalue weighted by atomic mass is 10.1. The number of aryl methyl sites for hydroxylation is 1. The summed E-state index contributed by atoms with van der Waals surface area (Å²) < 4.78 is 29.9. The summed E-state index contributed by atoms with van der Waals surface area (Å²) in [7, 11) is 0. The SMILES string of the molecule is Cc1cc(C(=O)N2CCN(Cc3ccc(Cl)c(F)c3)CC2)ccc1N[S+]([O-])c1cccc2cccnc12. The third-order valence-corrected chi connectivity index (χ3v) is 7.96. The Bertz CT molecular complexity index is 1440. The van der Waals surface area contributed by atoms with Crippen LogP contribution in [0.1, 0.15) is 21.5 Å². The summed E-state index contributed by atoms with van der Waals surface area (Å²) >= 11 is 4.27. The Hall–Kier alpha value is -3.17. The fraction of sp³-hybridized carbons (Fsp3) is 0.214. The molecule has 0 spiro atoms. The van der Waals surface area contributed by atoms with Crippen LogP contribution in [0.3, 0.4) is 0 Å². The van der Waals surface area contributed by atoms with Gasteiger partial charge in [-0.05, 0) is 60.5 Å². The number of hydrogen-bond acceptors (Lipinski definition) is 5. The molecule has 0 radical (unpaired) electrons. The predicted octanol–water partition coefficient (Wildman–Crippen LogP) is 5.43. The van der Waals surface area contributed by atoms with Crippen molar-refractivity contribution in [3.63, 3.8) is 0 Å². The molecule has 4 aromatic rings. The molecule has 1 aliphatic rings. The quantitative estimate of drug-likeness (QED) is 0.333. The molecule has 9 heteroatoms. The van der Waals surface area contributed by atoms with Crippen LogP contribution in [0.4, 0.5) is 10.1 Å². The van der Waals surface area contributed by atoms with Gasteiger partial charge in [0, 0.05) is 49.9 Å². The first kappa shape index (κ1) is 25.5. The molecule has 0 saturated carbocycles. The Morgan fingerprint density at radius 1 is 1.08 bits per heavy atom. The minimum atomic E-state index is -1.51. The van der Waals surface area contributed by atoms with Gasteiger partial charge in [-0.1, -0.05) is 35.9 Å². The molecule has 1 atom stereocenters.